The van der Waals surface area contributed by atoms with Crippen LogP contribution in [0.15, 0.2) is 59.1 Å². The molecule has 2 amide bonds. The zero-order valence-electron chi connectivity index (χ0n) is 19.4. The molecular formula is C25H29N3O5. The molecule has 0 spiro atoms. The molecule has 0 saturated carbocycles. The molecule has 2 aromatic carbocycles. The van der Waals surface area contributed by atoms with Crippen LogP contribution in [-0.2, 0) is 4.79 Å². The van der Waals surface area contributed by atoms with Crippen molar-refractivity contribution in [3.63, 3.8) is 0 Å². The first kappa shape index (κ1) is 23.8. The minimum atomic E-state index is -0.737. The number of nitrogens with one attached hydrogen (secondary N) is 2. The highest BCUT2D eigenvalue weighted by Crippen LogP contribution is 2.33. The van der Waals surface area contributed by atoms with Gasteiger partial charge in [-0.05, 0) is 30.5 Å². The Morgan fingerprint density at radius 2 is 1.67 bits per heavy atom. The van der Waals surface area contributed by atoms with Crippen molar-refractivity contribution in [3.8, 4) is 22.8 Å². The summed E-state index contributed by atoms with van der Waals surface area (Å²) >= 11 is 0. The molecule has 0 radical (unpaired) electrons. The van der Waals surface area contributed by atoms with Gasteiger partial charge >= 0.3 is 0 Å². The number of carbonyl (C=O) groups excluding carboxylic acids is 2. The first-order valence-corrected chi connectivity index (χ1v) is 10.7. The third kappa shape index (κ3) is 5.71. The number of hydrogen-bond acceptors (Lipinski definition) is 6. The molecular weight excluding hydrogens is 422 g/mol. The van der Waals surface area contributed by atoms with E-state index in [-0.39, 0.29) is 23.6 Å². The Kier molecular flexibility index (Phi) is 7.71. The number of hydrogen-bond donors (Lipinski definition) is 2. The van der Waals surface area contributed by atoms with E-state index < -0.39 is 11.9 Å². The van der Waals surface area contributed by atoms with Crippen molar-refractivity contribution in [2.75, 3.05) is 14.2 Å². The van der Waals surface area contributed by atoms with Crippen LogP contribution in [0.25, 0.3) is 11.3 Å². The van der Waals surface area contributed by atoms with E-state index in [0.717, 1.165) is 5.56 Å². The highest BCUT2D eigenvalue weighted by Gasteiger charge is 2.27. The number of ether oxygens (including phenoxy) is 2. The second kappa shape index (κ2) is 10.7. The molecule has 0 aliphatic heterocycles. The summed E-state index contributed by atoms with van der Waals surface area (Å²) in [5, 5.41) is 9.63. The maximum absolute atomic E-state index is 12.9. The standard InChI is InChI=1S/C25H29N3O5/c1-15(2)23(25(30)26-16(3)17-9-7-6-8-10-17)27-24(29)20-14-22(33-28-20)19-12-11-18(31-4)13-21(19)32-5/h6-16,23H,1-5H3,(H,26,30)(H,27,29). The number of rotatable bonds is 9. The Hall–Kier alpha value is -3.81. The Morgan fingerprint density at radius 1 is 0.939 bits per heavy atom. The molecule has 0 bridgehead atoms. The van der Waals surface area contributed by atoms with Crippen molar-refractivity contribution in [2.24, 2.45) is 5.92 Å². The number of methoxy groups -OCH3 is 2. The van der Waals surface area contributed by atoms with Gasteiger partial charge in [-0.2, -0.15) is 0 Å². The molecule has 8 heteroatoms. The normalized spacial score (nSPS) is 12.7. The van der Waals surface area contributed by atoms with Gasteiger partial charge in [0.15, 0.2) is 11.5 Å². The fourth-order valence-corrected chi connectivity index (χ4v) is 3.39. The van der Waals surface area contributed by atoms with Gasteiger partial charge in [-0.1, -0.05) is 49.3 Å². The maximum atomic E-state index is 12.9. The molecule has 0 saturated heterocycles. The highest BCUT2D eigenvalue weighted by atomic mass is 16.5. The lowest BCUT2D eigenvalue weighted by molar-refractivity contribution is -0.124. The van der Waals surface area contributed by atoms with Crippen molar-refractivity contribution in [1.29, 1.82) is 0 Å². The molecule has 0 fully saturated rings. The molecule has 3 aromatic rings. The van der Waals surface area contributed by atoms with Crippen LogP contribution in [0.5, 0.6) is 11.5 Å². The van der Waals surface area contributed by atoms with Gasteiger partial charge in [0.25, 0.3) is 5.91 Å². The lowest BCUT2D eigenvalue weighted by Gasteiger charge is -2.23. The van der Waals surface area contributed by atoms with E-state index in [9.17, 15) is 9.59 Å². The molecule has 174 valence electrons. The van der Waals surface area contributed by atoms with E-state index in [1.807, 2.05) is 51.1 Å². The van der Waals surface area contributed by atoms with Crippen molar-refractivity contribution in [3.05, 3.63) is 65.9 Å². The summed E-state index contributed by atoms with van der Waals surface area (Å²) in [6.45, 7) is 5.64. The molecule has 3 rings (SSSR count). The Balaban J connectivity index is 1.73. The molecule has 33 heavy (non-hydrogen) atoms. The molecule has 0 aliphatic rings. The molecule has 1 heterocycles. The van der Waals surface area contributed by atoms with E-state index in [1.54, 1.807) is 25.3 Å². The van der Waals surface area contributed by atoms with Crippen LogP contribution in [0.1, 0.15) is 42.9 Å². The van der Waals surface area contributed by atoms with Crippen LogP contribution in [0.4, 0.5) is 0 Å². The topological polar surface area (TPSA) is 103 Å². The number of benzene rings is 2. The van der Waals surface area contributed by atoms with Crippen LogP contribution in [0, 0.1) is 5.92 Å². The Labute approximate surface area is 193 Å². The molecule has 2 unspecified atom stereocenters. The van der Waals surface area contributed by atoms with Gasteiger partial charge in [-0.15, -0.1) is 0 Å². The second-order valence-corrected chi connectivity index (χ2v) is 7.98. The number of nitrogens with zero attached hydrogens (tertiary/aromatic N) is 1. The fourth-order valence-electron chi connectivity index (χ4n) is 3.39. The van der Waals surface area contributed by atoms with E-state index in [1.165, 1.54) is 13.2 Å². The highest BCUT2D eigenvalue weighted by molar-refractivity contribution is 5.97. The first-order valence-electron chi connectivity index (χ1n) is 10.7. The van der Waals surface area contributed by atoms with E-state index in [0.29, 0.717) is 22.8 Å². The summed E-state index contributed by atoms with van der Waals surface area (Å²) < 4.78 is 16.0. The van der Waals surface area contributed by atoms with Gasteiger partial charge in [-0.25, -0.2) is 0 Å². The van der Waals surface area contributed by atoms with Gasteiger partial charge in [0, 0.05) is 12.1 Å². The SMILES string of the molecule is COc1ccc(-c2cc(C(=O)NC(C(=O)NC(C)c3ccccc3)C(C)C)no2)c(OC)c1. The van der Waals surface area contributed by atoms with Gasteiger partial charge in [-0.3, -0.25) is 9.59 Å². The summed E-state index contributed by atoms with van der Waals surface area (Å²) in [4.78, 5) is 25.8. The third-order valence-electron chi connectivity index (χ3n) is 5.31. The lowest BCUT2D eigenvalue weighted by Crippen LogP contribution is -2.50. The van der Waals surface area contributed by atoms with Gasteiger partial charge in [0.2, 0.25) is 5.91 Å². The van der Waals surface area contributed by atoms with E-state index in [2.05, 4.69) is 15.8 Å². The summed E-state index contributed by atoms with van der Waals surface area (Å²) in [7, 11) is 3.10. The minimum absolute atomic E-state index is 0.0671. The smallest absolute Gasteiger partial charge is 0.274 e. The Morgan fingerprint density at radius 3 is 2.30 bits per heavy atom. The van der Waals surface area contributed by atoms with Crippen molar-refractivity contribution < 1.29 is 23.6 Å². The summed E-state index contributed by atoms with van der Waals surface area (Å²) in [5.41, 5.74) is 1.67. The monoisotopic (exact) mass is 451 g/mol. The molecule has 2 N–H and O–H groups in total. The third-order valence-corrected chi connectivity index (χ3v) is 5.31. The number of carbonyl (C=O) groups is 2. The molecule has 1 aromatic heterocycles. The zero-order chi connectivity index (χ0) is 24.0. The van der Waals surface area contributed by atoms with E-state index >= 15 is 0 Å². The van der Waals surface area contributed by atoms with E-state index in [4.69, 9.17) is 14.0 Å². The van der Waals surface area contributed by atoms with Crippen LogP contribution < -0.4 is 20.1 Å². The number of aromatic nitrogens is 1. The van der Waals surface area contributed by atoms with Crippen molar-refractivity contribution >= 4 is 11.8 Å². The predicted molar refractivity (Wildman–Crippen MR) is 124 cm³/mol. The summed E-state index contributed by atoms with van der Waals surface area (Å²) in [6, 6.07) is 15.4. The Bertz CT molecular complexity index is 1090. The fraction of sp³-hybridized carbons (Fsp3) is 0.320. The number of amides is 2. The van der Waals surface area contributed by atoms with Crippen molar-refractivity contribution in [1.82, 2.24) is 15.8 Å². The van der Waals surface area contributed by atoms with Gasteiger partial charge < -0.3 is 24.6 Å². The average Bonchev–Trinajstić information content (AvgIpc) is 3.32. The quantitative estimate of drug-likeness (QED) is 0.510. The maximum Gasteiger partial charge on any atom is 0.274 e. The van der Waals surface area contributed by atoms with Crippen LogP contribution >= 0.6 is 0 Å². The largest absolute Gasteiger partial charge is 0.497 e. The molecule has 2 atom stereocenters. The summed E-state index contributed by atoms with van der Waals surface area (Å²) in [5.74, 6) is 0.609. The van der Waals surface area contributed by atoms with Crippen LogP contribution in [0.3, 0.4) is 0 Å². The minimum Gasteiger partial charge on any atom is -0.497 e. The van der Waals surface area contributed by atoms with Crippen LogP contribution in [-0.4, -0.2) is 37.2 Å². The van der Waals surface area contributed by atoms with Crippen molar-refractivity contribution in [2.45, 2.75) is 32.9 Å². The van der Waals surface area contributed by atoms with Gasteiger partial charge in [0.1, 0.15) is 17.5 Å². The van der Waals surface area contributed by atoms with Gasteiger partial charge in [0.05, 0.1) is 25.8 Å². The molecule has 0 aliphatic carbocycles. The lowest BCUT2D eigenvalue weighted by atomic mass is 10.0. The van der Waals surface area contributed by atoms with Crippen LogP contribution in [0.2, 0.25) is 0 Å². The predicted octanol–water partition coefficient (Wildman–Crippen LogP) is 3.99. The zero-order valence-corrected chi connectivity index (χ0v) is 19.4. The average molecular weight is 452 g/mol. The summed E-state index contributed by atoms with van der Waals surface area (Å²) in [6.07, 6.45) is 0. The second-order valence-electron chi connectivity index (χ2n) is 7.98. The first-order chi connectivity index (χ1) is 15.8. The molecule has 8 nitrogen and oxygen atoms in total.